The van der Waals surface area contributed by atoms with Gasteiger partial charge in [0.25, 0.3) is 0 Å². The van der Waals surface area contributed by atoms with Crippen molar-refractivity contribution in [1.29, 1.82) is 0 Å². The van der Waals surface area contributed by atoms with E-state index in [0.29, 0.717) is 11.4 Å². The third kappa shape index (κ3) is 9.68. The molecule has 0 saturated heterocycles. The maximum atomic E-state index is 14.0. The Labute approximate surface area is 258 Å². The Hall–Kier alpha value is -1.65. The highest BCUT2D eigenvalue weighted by Gasteiger charge is 2.46. The average molecular weight is 622 g/mol. The van der Waals surface area contributed by atoms with Gasteiger partial charge >= 0.3 is 5.97 Å². The second-order valence-electron chi connectivity index (χ2n) is 12.8. The number of aliphatic hydroxyl groups excluding tert-OH is 2. The zero-order valence-electron chi connectivity index (χ0n) is 27.4. The first-order valence-corrected chi connectivity index (χ1v) is 19.1. The van der Waals surface area contributed by atoms with Crippen LogP contribution in [0.1, 0.15) is 105 Å². The largest absolute Gasteiger partial charge is 0.457 e. The molecule has 9 heteroatoms. The predicted octanol–water partition coefficient (Wildman–Crippen LogP) is 7.48. The Kier molecular flexibility index (Phi) is 14.3. The van der Waals surface area contributed by atoms with Crippen LogP contribution in [0.25, 0.3) is 6.08 Å². The molecule has 0 bridgehead atoms. The van der Waals surface area contributed by atoms with Crippen LogP contribution in [0.4, 0.5) is 0 Å². The number of rotatable bonds is 8. The second-order valence-corrected chi connectivity index (χ2v) is 18.4. The number of hydrogen-bond donors (Lipinski definition) is 2. The summed E-state index contributed by atoms with van der Waals surface area (Å²) in [6.45, 7) is 17.9. The van der Waals surface area contributed by atoms with E-state index in [1.54, 1.807) is 0 Å². The first-order valence-electron chi connectivity index (χ1n) is 15.7. The van der Waals surface area contributed by atoms with Gasteiger partial charge < -0.3 is 19.4 Å². The lowest BCUT2D eigenvalue weighted by Gasteiger charge is -2.42. The number of esters is 1. The molecule has 0 saturated carbocycles. The molecule has 1 aromatic heterocycles. The van der Waals surface area contributed by atoms with Crippen LogP contribution in [0, 0.1) is 17.3 Å². The summed E-state index contributed by atoms with van der Waals surface area (Å²) in [6.07, 6.45) is 5.20. The third-order valence-electron chi connectivity index (χ3n) is 9.40. The predicted molar refractivity (Wildman–Crippen MR) is 174 cm³/mol. The van der Waals surface area contributed by atoms with Crippen LogP contribution in [0.3, 0.4) is 0 Å². The molecule has 0 radical (unpaired) electrons. The molecule has 2 heterocycles. The van der Waals surface area contributed by atoms with Crippen molar-refractivity contribution in [3.8, 4) is 0 Å². The number of thiazole rings is 1. The number of hydrogen-bond acceptors (Lipinski definition) is 8. The number of carbonyl (C=O) groups is 2. The molecule has 2 N–H and O–H groups in total. The summed E-state index contributed by atoms with van der Waals surface area (Å²) < 4.78 is 13.1. The van der Waals surface area contributed by atoms with Crippen molar-refractivity contribution in [2.75, 3.05) is 0 Å². The van der Waals surface area contributed by atoms with Crippen molar-refractivity contribution in [3.05, 3.63) is 33.3 Å². The van der Waals surface area contributed by atoms with Gasteiger partial charge in [-0.05, 0) is 68.8 Å². The molecule has 42 heavy (non-hydrogen) atoms. The lowest BCUT2D eigenvalue weighted by molar-refractivity contribution is -0.153. The molecule has 0 amide bonds. The molecule has 0 fully saturated rings. The van der Waals surface area contributed by atoms with Crippen LogP contribution >= 0.6 is 11.3 Å². The summed E-state index contributed by atoms with van der Waals surface area (Å²) in [6, 6.07) is 2.68. The molecule has 238 valence electrons. The van der Waals surface area contributed by atoms with Gasteiger partial charge in [0, 0.05) is 23.1 Å². The van der Waals surface area contributed by atoms with Crippen molar-refractivity contribution >= 4 is 37.5 Å². The Morgan fingerprint density at radius 3 is 2.43 bits per heavy atom. The molecule has 5 atom stereocenters. The van der Waals surface area contributed by atoms with Gasteiger partial charge in [-0.15, -0.1) is 11.3 Å². The molecule has 0 spiro atoms. The highest BCUT2D eigenvalue weighted by molar-refractivity contribution is 7.09. The summed E-state index contributed by atoms with van der Waals surface area (Å²) in [5.74, 6) is -1.09. The molecule has 1 aliphatic heterocycles. The maximum absolute atomic E-state index is 14.0. The Balaban J connectivity index is 2.53. The first kappa shape index (κ1) is 36.5. The van der Waals surface area contributed by atoms with Gasteiger partial charge in [-0.25, -0.2) is 4.98 Å². The fourth-order valence-electron chi connectivity index (χ4n) is 5.90. The van der Waals surface area contributed by atoms with Crippen molar-refractivity contribution < 1.29 is 29.0 Å². The number of ketones is 1. The van der Waals surface area contributed by atoms with E-state index in [4.69, 9.17) is 9.16 Å². The quantitative estimate of drug-likeness (QED) is 0.176. The number of aliphatic hydroxyl groups is 2. The monoisotopic (exact) mass is 621 g/mol. The number of ether oxygens (including phenoxy) is 1. The lowest BCUT2D eigenvalue weighted by Crippen LogP contribution is -2.51. The lowest BCUT2D eigenvalue weighted by atomic mass is 9.73. The fraction of sp³-hybridized carbons (Fsp3) is 0.727. The van der Waals surface area contributed by atoms with Crippen LogP contribution in [0.2, 0.25) is 18.1 Å². The SMILES string of the molecule is CC[Si](CC)(CC)O[C@H]1CC(=O)O[C@H](/C(C)=C/c2csc(CO)n2)C/C=C(/C)CCC[C@H](C)[C@H](O)[C@@H](C)C(=O)C1(C)C. The fourth-order valence-corrected chi connectivity index (χ4v) is 9.49. The molecular formula is C33H55NO6SSi. The van der Waals surface area contributed by atoms with Gasteiger partial charge in [-0.3, -0.25) is 9.59 Å². The van der Waals surface area contributed by atoms with E-state index in [-0.39, 0.29) is 24.7 Å². The zero-order chi connectivity index (χ0) is 31.7. The third-order valence-corrected chi connectivity index (χ3v) is 14.9. The first-order chi connectivity index (χ1) is 19.7. The summed E-state index contributed by atoms with van der Waals surface area (Å²) in [5.41, 5.74) is 1.79. The minimum absolute atomic E-state index is 0.0278. The normalized spacial score (nSPS) is 28.7. The number of cyclic esters (lactones) is 1. The molecule has 0 unspecified atom stereocenters. The van der Waals surface area contributed by atoms with Gasteiger partial charge in [0.05, 0.1) is 30.9 Å². The standard InChI is InChI=1S/C33H55NO6SSi/c1-10-42(11-2,12-3)40-28-19-30(36)39-27(24(6)18-26-21-41-29(20-35)34-26)17-16-22(4)14-13-15-23(5)31(37)25(7)32(38)33(28,8)9/h16,18,21,23,25,27-28,31,35,37H,10-15,17,19-20H2,1-9H3/b22-16-,24-18+/t23-,25+,27-,28-,31-/m0/s1. The molecule has 0 aromatic carbocycles. The summed E-state index contributed by atoms with van der Waals surface area (Å²) >= 11 is 1.39. The number of Topliss-reactive ketones (excluding diaryl/α,β-unsaturated/α-hetero) is 1. The van der Waals surface area contributed by atoms with Gasteiger partial charge in [-0.2, -0.15) is 0 Å². The molecule has 1 aliphatic rings. The zero-order valence-corrected chi connectivity index (χ0v) is 29.2. The van der Waals surface area contributed by atoms with E-state index in [9.17, 15) is 19.8 Å². The van der Waals surface area contributed by atoms with Gasteiger partial charge in [0.1, 0.15) is 16.9 Å². The van der Waals surface area contributed by atoms with Crippen molar-refractivity contribution in [2.24, 2.45) is 17.3 Å². The average Bonchev–Trinajstić information content (AvgIpc) is 3.43. The van der Waals surface area contributed by atoms with Gasteiger partial charge in [0.2, 0.25) is 0 Å². The Morgan fingerprint density at radius 1 is 1.21 bits per heavy atom. The van der Waals surface area contributed by atoms with E-state index in [0.717, 1.165) is 48.7 Å². The van der Waals surface area contributed by atoms with Gasteiger partial charge in [0.15, 0.2) is 8.32 Å². The number of carbonyl (C=O) groups excluding carboxylic acids is 2. The van der Waals surface area contributed by atoms with E-state index < -0.39 is 43.9 Å². The van der Waals surface area contributed by atoms with Crippen molar-refractivity contribution in [3.63, 3.8) is 0 Å². The van der Waals surface area contributed by atoms with Crippen LogP contribution < -0.4 is 0 Å². The molecule has 1 aromatic rings. The Morgan fingerprint density at radius 2 is 1.86 bits per heavy atom. The van der Waals surface area contributed by atoms with Crippen LogP contribution in [-0.2, 0) is 25.4 Å². The van der Waals surface area contributed by atoms with Crippen LogP contribution in [-0.4, -0.2) is 53.6 Å². The minimum Gasteiger partial charge on any atom is -0.457 e. The molecule has 2 rings (SSSR count). The molecule has 0 aliphatic carbocycles. The van der Waals surface area contributed by atoms with Crippen molar-refractivity contribution in [1.82, 2.24) is 4.98 Å². The molecule has 7 nitrogen and oxygen atoms in total. The summed E-state index contributed by atoms with van der Waals surface area (Å²) in [7, 11) is -2.20. The number of aromatic nitrogens is 1. The second kappa shape index (κ2) is 16.4. The number of allylic oxidation sites excluding steroid dienone is 1. The minimum atomic E-state index is -2.20. The topological polar surface area (TPSA) is 106 Å². The molecular weight excluding hydrogens is 567 g/mol. The van der Waals surface area contributed by atoms with Gasteiger partial charge in [-0.1, -0.05) is 60.1 Å². The highest BCUT2D eigenvalue weighted by atomic mass is 32.1. The number of nitrogens with zero attached hydrogens (tertiary/aromatic N) is 1. The smallest absolute Gasteiger partial charge is 0.309 e. The van der Waals surface area contributed by atoms with E-state index in [1.165, 1.54) is 16.9 Å². The van der Waals surface area contributed by atoms with E-state index in [2.05, 4.69) is 38.8 Å². The van der Waals surface area contributed by atoms with E-state index >= 15 is 0 Å². The van der Waals surface area contributed by atoms with E-state index in [1.807, 2.05) is 46.1 Å². The Bertz CT molecular complexity index is 1080. The van der Waals surface area contributed by atoms with Crippen LogP contribution in [0.5, 0.6) is 0 Å². The summed E-state index contributed by atoms with van der Waals surface area (Å²) in [4.78, 5) is 32.1. The summed E-state index contributed by atoms with van der Waals surface area (Å²) in [5, 5.41) is 23.1. The maximum Gasteiger partial charge on any atom is 0.309 e. The van der Waals surface area contributed by atoms with Crippen molar-refractivity contribution in [2.45, 2.75) is 137 Å². The van der Waals surface area contributed by atoms with Crippen LogP contribution in [0.15, 0.2) is 22.6 Å². The highest BCUT2D eigenvalue weighted by Crippen LogP contribution is 2.37.